The van der Waals surface area contributed by atoms with E-state index in [0.29, 0.717) is 0 Å². The Bertz CT molecular complexity index is 374. The quantitative estimate of drug-likeness (QED) is 0.575. The van der Waals surface area contributed by atoms with Gasteiger partial charge < -0.3 is 5.73 Å². The molecule has 1 aromatic rings. The Kier molecular flexibility index (Phi) is 5.79. The van der Waals surface area contributed by atoms with Crippen molar-refractivity contribution in [2.45, 2.75) is 32.6 Å². The van der Waals surface area contributed by atoms with E-state index in [1.807, 2.05) is 30.3 Å². The molecular weight excluding hydrogens is 214 g/mol. The van der Waals surface area contributed by atoms with E-state index in [1.54, 1.807) is 0 Å². The lowest BCUT2D eigenvalue weighted by Gasteiger charge is -2.06. The Morgan fingerprint density at radius 1 is 1.35 bits per heavy atom. The molecule has 3 N–H and O–H groups in total. The van der Waals surface area contributed by atoms with Crippen LogP contribution < -0.4 is 11.2 Å². The van der Waals surface area contributed by atoms with E-state index in [9.17, 15) is 4.79 Å². The van der Waals surface area contributed by atoms with E-state index in [2.05, 4.69) is 17.5 Å². The number of nitrogens with zero attached hydrogens (tertiary/aromatic N) is 1. The molecule has 1 aromatic carbocycles. The summed E-state index contributed by atoms with van der Waals surface area (Å²) < 4.78 is 0. The SMILES string of the molecule is CCCCC(Cc1ccccc1)=NNC(N)=O. The fourth-order valence-corrected chi connectivity index (χ4v) is 1.53. The zero-order valence-electron chi connectivity index (χ0n) is 10.1. The van der Waals surface area contributed by atoms with Crippen molar-refractivity contribution in [3.05, 3.63) is 35.9 Å². The van der Waals surface area contributed by atoms with Gasteiger partial charge in [-0.05, 0) is 18.4 Å². The minimum absolute atomic E-state index is 0.618. The smallest absolute Gasteiger partial charge is 0.332 e. The molecule has 0 aromatic heterocycles. The second-order valence-corrected chi connectivity index (χ2v) is 3.92. The molecule has 2 amide bonds. The van der Waals surface area contributed by atoms with Gasteiger partial charge in [0.2, 0.25) is 0 Å². The molecule has 0 fully saturated rings. The molecule has 0 saturated carbocycles. The fraction of sp³-hybridized carbons (Fsp3) is 0.385. The summed E-state index contributed by atoms with van der Waals surface area (Å²) in [6.07, 6.45) is 3.79. The summed E-state index contributed by atoms with van der Waals surface area (Å²) in [5.74, 6) is 0. The second kappa shape index (κ2) is 7.44. The first kappa shape index (κ1) is 13.2. The van der Waals surface area contributed by atoms with Gasteiger partial charge in [0.1, 0.15) is 0 Å². The van der Waals surface area contributed by atoms with Crippen LogP contribution >= 0.6 is 0 Å². The molecule has 0 saturated heterocycles. The van der Waals surface area contributed by atoms with Crippen LogP contribution in [0.3, 0.4) is 0 Å². The Balaban J connectivity index is 2.63. The van der Waals surface area contributed by atoms with Gasteiger partial charge >= 0.3 is 6.03 Å². The largest absolute Gasteiger partial charge is 0.350 e. The van der Waals surface area contributed by atoms with Crippen molar-refractivity contribution in [1.29, 1.82) is 0 Å². The third-order valence-corrected chi connectivity index (χ3v) is 2.39. The molecule has 1 rings (SSSR count). The molecule has 0 bridgehead atoms. The summed E-state index contributed by atoms with van der Waals surface area (Å²) in [5, 5.41) is 4.05. The first-order chi connectivity index (χ1) is 8.22. The van der Waals surface area contributed by atoms with Gasteiger partial charge in [-0.1, -0.05) is 43.7 Å². The van der Waals surface area contributed by atoms with Gasteiger partial charge in [-0.3, -0.25) is 0 Å². The highest BCUT2D eigenvalue weighted by atomic mass is 16.2. The summed E-state index contributed by atoms with van der Waals surface area (Å²) in [6, 6.07) is 9.45. The number of urea groups is 1. The van der Waals surface area contributed by atoms with Crippen LogP contribution in [-0.2, 0) is 6.42 Å². The number of amides is 2. The average Bonchev–Trinajstić information content (AvgIpc) is 2.34. The van der Waals surface area contributed by atoms with Crippen LogP contribution in [0.2, 0.25) is 0 Å². The number of carbonyl (C=O) groups is 1. The minimum atomic E-state index is -0.618. The Labute approximate surface area is 102 Å². The van der Waals surface area contributed by atoms with Crippen LogP contribution in [0.4, 0.5) is 4.79 Å². The zero-order valence-corrected chi connectivity index (χ0v) is 10.1. The minimum Gasteiger partial charge on any atom is -0.350 e. The molecule has 4 heteroatoms. The number of benzene rings is 1. The van der Waals surface area contributed by atoms with Gasteiger partial charge in [0, 0.05) is 12.1 Å². The number of hydrogen-bond donors (Lipinski definition) is 2. The fourth-order valence-electron chi connectivity index (χ4n) is 1.53. The molecule has 0 aliphatic carbocycles. The Morgan fingerprint density at radius 2 is 2.06 bits per heavy atom. The van der Waals surface area contributed by atoms with Crippen LogP contribution in [0.25, 0.3) is 0 Å². The first-order valence-corrected chi connectivity index (χ1v) is 5.87. The van der Waals surface area contributed by atoms with Gasteiger partial charge in [-0.15, -0.1) is 0 Å². The van der Waals surface area contributed by atoms with E-state index >= 15 is 0 Å². The average molecular weight is 233 g/mol. The molecular formula is C13H19N3O. The van der Waals surface area contributed by atoms with E-state index in [1.165, 1.54) is 5.56 Å². The molecule has 0 radical (unpaired) electrons. The lowest BCUT2D eigenvalue weighted by atomic mass is 10.0. The van der Waals surface area contributed by atoms with Crippen molar-refractivity contribution in [1.82, 2.24) is 5.43 Å². The van der Waals surface area contributed by atoms with Crippen molar-refractivity contribution >= 4 is 11.7 Å². The van der Waals surface area contributed by atoms with Gasteiger partial charge in [-0.2, -0.15) is 5.10 Å². The number of carbonyl (C=O) groups excluding carboxylic acids is 1. The normalized spacial score (nSPS) is 11.2. The van der Waals surface area contributed by atoms with Crippen LogP contribution in [0.15, 0.2) is 35.4 Å². The third-order valence-electron chi connectivity index (χ3n) is 2.39. The molecule has 0 aliphatic rings. The number of hydrogen-bond acceptors (Lipinski definition) is 2. The molecule has 0 unspecified atom stereocenters. The Hall–Kier alpha value is -1.84. The topological polar surface area (TPSA) is 67.5 Å². The molecule has 0 spiro atoms. The van der Waals surface area contributed by atoms with E-state index < -0.39 is 6.03 Å². The van der Waals surface area contributed by atoms with Crippen molar-refractivity contribution in [3.8, 4) is 0 Å². The van der Waals surface area contributed by atoms with Crippen LogP contribution in [-0.4, -0.2) is 11.7 Å². The van der Waals surface area contributed by atoms with E-state index in [4.69, 9.17) is 5.73 Å². The maximum absolute atomic E-state index is 10.6. The Morgan fingerprint density at radius 3 is 2.65 bits per heavy atom. The molecule has 0 aliphatic heterocycles. The summed E-state index contributed by atoms with van der Waals surface area (Å²) in [5.41, 5.74) is 9.45. The summed E-state index contributed by atoms with van der Waals surface area (Å²) in [7, 11) is 0. The number of nitrogens with two attached hydrogens (primary N) is 1. The molecule has 0 atom stereocenters. The second-order valence-electron chi connectivity index (χ2n) is 3.92. The van der Waals surface area contributed by atoms with Crippen molar-refractivity contribution in [2.75, 3.05) is 0 Å². The van der Waals surface area contributed by atoms with Crippen LogP contribution in [0.1, 0.15) is 31.7 Å². The van der Waals surface area contributed by atoms with Crippen molar-refractivity contribution < 1.29 is 4.79 Å². The van der Waals surface area contributed by atoms with Gasteiger partial charge in [-0.25, -0.2) is 10.2 Å². The predicted molar refractivity (Wildman–Crippen MR) is 69.8 cm³/mol. The maximum Gasteiger partial charge on any atom is 0.332 e. The molecule has 92 valence electrons. The van der Waals surface area contributed by atoms with Gasteiger partial charge in [0.05, 0.1) is 0 Å². The highest BCUT2D eigenvalue weighted by Crippen LogP contribution is 2.05. The van der Waals surface area contributed by atoms with E-state index in [-0.39, 0.29) is 0 Å². The zero-order chi connectivity index (χ0) is 12.5. The summed E-state index contributed by atoms with van der Waals surface area (Å²) in [6.45, 7) is 2.13. The maximum atomic E-state index is 10.6. The number of hydrazone groups is 1. The number of nitrogens with one attached hydrogen (secondary N) is 1. The van der Waals surface area contributed by atoms with Crippen LogP contribution in [0.5, 0.6) is 0 Å². The number of unbranched alkanes of at least 4 members (excludes halogenated alkanes) is 1. The number of primary amides is 1. The van der Waals surface area contributed by atoms with Gasteiger partial charge in [0.25, 0.3) is 0 Å². The monoisotopic (exact) mass is 233 g/mol. The predicted octanol–water partition coefficient (Wildman–Crippen LogP) is 2.44. The lowest BCUT2D eigenvalue weighted by Crippen LogP contribution is -2.26. The highest BCUT2D eigenvalue weighted by molar-refractivity contribution is 5.87. The summed E-state index contributed by atoms with van der Waals surface area (Å²) in [4.78, 5) is 10.6. The third kappa shape index (κ3) is 5.70. The molecule has 0 heterocycles. The van der Waals surface area contributed by atoms with E-state index in [0.717, 1.165) is 31.4 Å². The molecule has 17 heavy (non-hydrogen) atoms. The molecule has 4 nitrogen and oxygen atoms in total. The lowest BCUT2D eigenvalue weighted by molar-refractivity contribution is 0.249. The van der Waals surface area contributed by atoms with Crippen LogP contribution in [0, 0.1) is 0 Å². The van der Waals surface area contributed by atoms with Crippen molar-refractivity contribution in [2.24, 2.45) is 10.8 Å². The standard InChI is InChI=1S/C13H19N3O/c1-2-3-9-12(15-16-13(14)17)10-11-7-5-4-6-8-11/h4-8H,2-3,9-10H2,1H3,(H3,14,16,17). The van der Waals surface area contributed by atoms with Gasteiger partial charge in [0.15, 0.2) is 0 Å². The number of rotatable bonds is 6. The van der Waals surface area contributed by atoms with Crippen molar-refractivity contribution in [3.63, 3.8) is 0 Å². The highest BCUT2D eigenvalue weighted by Gasteiger charge is 2.02. The summed E-state index contributed by atoms with van der Waals surface area (Å²) >= 11 is 0. The first-order valence-electron chi connectivity index (χ1n) is 5.87.